The zero-order chi connectivity index (χ0) is 11.5. The minimum atomic E-state index is 0.799. The van der Waals surface area contributed by atoms with Gasteiger partial charge in [0.15, 0.2) is 0 Å². The van der Waals surface area contributed by atoms with Gasteiger partial charge < -0.3 is 11.1 Å². The van der Waals surface area contributed by atoms with Gasteiger partial charge in [-0.25, -0.2) is 0 Å². The molecule has 3 N–H and O–H groups in total. The lowest BCUT2D eigenvalue weighted by atomic mass is 10.1. The Morgan fingerprint density at radius 1 is 1.25 bits per heavy atom. The Morgan fingerprint density at radius 3 is 2.69 bits per heavy atom. The first kappa shape index (κ1) is 11.0. The monoisotopic (exact) mass is 232 g/mol. The molecule has 2 nitrogen and oxygen atoms in total. The highest BCUT2D eigenvalue weighted by Gasteiger charge is 2.02. The molecule has 0 spiro atoms. The molecule has 1 heterocycles. The fourth-order valence-electron chi connectivity index (χ4n) is 1.68. The summed E-state index contributed by atoms with van der Waals surface area (Å²) in [4.78, 5) is 1.19. The van der Waals surface area contributed by atoms with E-state index in [2.05, 4.69) is 37.4 Å². The molecule has 2 rings (SSSR count). The molecular weight excluding hydrogens is 216 g/mol. The van der Waals surface area contributed by atoms with Crippen molar-refractivity contribution >= 4 is 22.7 Å². The standard InChI is InChI=1S/C13H16N2S/c1-9-3-4-12(10(2)7-9)15-8-13-11(14)5-6-16-13/h3-7,15H,8,14H2,1-2H3. The van der Waals surface area contributed by atoms with Gasteiger partial charge in [-0.3, -0.25) is 0 Å². The van der Waals surface area contributed by atoms with E-state index in [1.54, 1.807) is 11.3 Å². The normalized spacial score (nSPS) is 10.4. The zero-order valence-corrected chi connectivity index (χ0v) is 10.4. The van der Waals surface area contributed by atoms with Gasteiger partial charge in [-0.05, 0) is 36.9 Å². The second kappa shape index (κ2) is 4.58. The van der Waals surface area contributed by atoms with E-state index in [0.717, 1.165) is 12.2 Å². The van der Waals surface area contributed by atoms with Crippen LogP contribution in [0.3, 0.4) is 0 Å². The Balaban J connectivity index is 2.08. The quantitative estimate of drug-likeness (QED) is 0.849. The van der Waals surface area contributed by atoms with E-state index in [1.165, 1.54) is 21.7 Å². The number of hydrogen-bond donors (Lipinski definition) is 2. The van der Waals surface area contributed by atoms with E-state index >= 15 is 0 Å². The molecule has 0 fully saturated rings. The van der Waals surface area contributed by atoms with E-state index in [9.17, 15) is 0 Å². The third-order valence-electron chi connectivity index (χ3n) is 2.60. The molecule has 0 aliphatic heterocycles. The van der Waals surface area contributed by atoms with Crippen molar-refractivity contribution in [2.45, 2.75) is 20.4 Å². The summed E-state index contributed by atoms with van der Waals surface area (Å²) in [6, 6.07) is 8.37. The number of benzene rings is 1. The second-order valence-electron chi connectivity index (χ2n) is 3.97. The van der Waals surface area contributed by atoms with E-state index in [1.807, 2.05) is 11.4 Å². The maximum Gasteiger partial charge on any atom is 0.0514 e. The fourth-order valence-corrected chi connectivity index (χ4v) is 2.42. The molecule has 1 aromatic carbocycles. The van der Waals surface area contributed by atoms with Crippen LogP contribution in [0, 0.1) is 13.8 Å². The third kappa shape index (κ3) is 2.36. The first-order chi connectivity index (χ1) is 7.66. The molecule has 2 aromatic rings. The Hall–Kier alpha value is -1.48. The van der Waals surface area contributed by atoms with Gasteiger partial charge in [0.2, 0.25) is 0 Å². The lowest BCUT2D eigenvalue weighted by Gasteiger charge is -2.09. The highest BCUT2D eigenvalue weighted by molar-refractivity contribution is 7.10. The van der Waals surface area contributed by atoms with Crippen LogP contribution in [0.25, 0.3) is 0 Å². The molecule has 0 aliphatic carbocycles. The fraction of sp³-hybridized carbons (Fsp3) is 0.231. The molecule has 0 bridgehead atoms. The van der Waals surface area contributed by atoms with Crippen molar-refractivity contribution in [3.05, 3.63) is 45.6 Å². The zero-order valence-electron chi connectivity index (χ0n) is 9.58. The van der Waals surface area contributed by atoms with Crippen molar-refractivity contribution in [3.63, 3.8) is 0 Å². The topological polar surface area (TPSA) is 38.0 Å². The van der Waals surface area contributed by atoms with Crippen LogP contribution < -0.4 is 11.1 Å². The maximum absolute atomic E-state index is 5.84. The minimum absolute atomic E-state index is 0.799. The number of nitrogens with one attached hydrogen (secondary N) is 1. The molecule has 16 heavy (non-hydrogen) atoms. The van der Waals surface area contributed by atoms with E-state index in [4.69, 9.17) is 5.73 Å². The van der Waals surface area contributed by atoms with Gasteiger partial charge in [0.25, 0.3) is 0 Å². The molecule has 0 atom stereocenters. The Kier molecular flexibility index (Phi) is 3.15. The Morgan fingerprint density at radius 2 is 2.06 bits per heavy atom. The molecule has 0 amide bonds. The third-order valence-corrected chi connectivity index (χ3v) is 3.54. The van der Waals surface area contributed by atoms with Crippen LogP contribution in [-0.2, 0) is 6.54 Å². The number of nitrogens with two attached hydrogens (primary N) is 1. The van der Waals surface area contributed by atoms with E-state index in [0.29, 0.717) is 0 Å². The lowest BCUT2D eigenvalue weighted by molar-refractivity contribution is 1.18. The van der Waals surface area contributed by atoms with Crippen LogP contribution in [0.1, 0.15) is 16.0 Å². The highest BCUT2D eigenvalue weighted by Crippen LogP contribution is 2.22. The van der Waals surface area contributed by atoms with Crippen LogP contribution in [0.4, 0.5) is 11.4 Å². The molecular formula is C13H16N2S. The maximum atomic E-state index is 5.84. The molecule has 0 saturated heterocycles. The van der Waals surface area contributed by atoms with E-state index in [-0.39, 0.29) is 0 Å². The SMILES string of the molecule is Cc1ccc(NCc2sccc2N)c(C)c1. The van der Waals surface area contributed by atoms with Crippen molar-refractivity contribution in [1.82, 2.24) is 0 Å². The van der Waals surface area contributed by atoms with Gasteiger partial charge in [-0.15, -0.1) is 11.3 Å². The van der Waals surface area contributed by atoms with Gasteiger partial charge in [0.05, 0.1) is 6.54 Å². The summed E-state index contributed by atoms with van der Waals surface area (Å²) < 4.78 is 0. The van der Waals surface area contributed by atoms with Gasteiger partial charge in [-0.2, -0.15) is 0 Å². The van der Waals surface area contributed by atoms with Gasteiger partial charge in [0, 0.05) is 16.3 Å². The van der Waals surface area contributed by atoms with Gasteiger partial charge in [0.1, 0.15) is 0 Å². The molecule has 0 unspecified atom stereocenters. The van der Waals surface area contributed by atoms with Crippen molar-refractivity contribution in [2.75, 3.05) is 11.1 Å². The number of rotatable bonds is 3. The summed E-state index contributed by atoms with van der Waals surface area (Å²) in [5.41, 5.74) is 10.5. The number of hydrogen-bond acceptors (Lipinski definition) is 3. The number of thiophene rings is 1. The molecule has 0 radical (unpaired) electrons. The average Bonchev–Trinajstić information content (AvgIpc) is 2.63. The molecule has 1 aromatic heterocycles. The van der Waals surface area contributed by atoms with Crippen LogP contribution in [0.15, 0.2) is 29.6 Å². The summed E-state index contributed by atoms with van der Waals surface area (Å²) >= 11 is 1.69. The largest absolute Gasteiger partial charge is 0.398 e. The summed E-state index contributed by atoms with van der Waals surface area (Å²) in [5, 5.41) is 5.44. The first-order valence-electron chi connectivity index (χ1n) is 5.30. The predicted octanol–water partition coefficient (Wildman–Crippen LogP) is 3.56. The Labute approximate surface area is 100 Å². The summed E-state index contributed by atoms with van der Waals surface area (Å²) in [6.07, 6.45) is 0. The Bertz CT molecular complexity index is 488. The second-order valence-corrected chi connectivity index (χ2v) is 4.97. The molecule has 0 saturated carbocycles. The van der Waals surface area contributed by atoms with Crippen LogP contribution in [0.5, 0.6) is 0 Å². The molecule has 0 aliphatic rings. The summed E-state index contributed by atoms with van der Waals surface area (Å²) in [6.45, 7) is 5.02. The lowest BCUT2D eigenvalue weighted by Crippen LogP contribution is -2.01. The summed E-state index contributed by atoms with van der Waals surface area (Å²) in [7, 11) is 0. The minimum Gasteiger partial charge on any atom is -0.398 e. The smallest absolute Gasteiger partial charge is 0.0514 e. The molecule has 84 valence electrons. The number of anilines is 2. The van der Waals surface area contributed by atoms with Crippen molar-refractivity contribution < 1.29 is 0 Å². The van der Waals surface area contributed by atoms with Crippen LogP contribution >= 0.6 is 11.3 Å². The van der Waals surface area contributed by atoms with Crippen LogP contribution in [0.2, 0.25) is 0 Å². The highest BCUT2D eigenvalue weighted by atomic mass is 32.1. The van der Waals surface area contributed by atoms with Gasteiger partial charge in [-0.1, -0.05) is 17.7 Å². The molecule has 3 heteroatoms. The first-order valence-corrected chi connectivity index (χ1v) is 6.18. The average molecular weight is 232 g/mol. The van der Waals surface area contributed by atoms with Crippen molar-refractivity contribution in [3.8, 4) is 0 Å². The summed E-state index contributed by atoms with van der Waals surface area (Å²) in [5.74, 6) is 0. The number of aryl methyl sites for hydroxylation is 2. The van der Waals surface area contributed by atoms with Crippen molar-refractivity contribution in [2.24, 2.45) is 0 Å². The van der Waals surface area contributed by atoms with Gasteiger partial charge >= 0.3 is 0 Å². The van der Waals surface area contributed by atoms with Crippen LogP contribution in [-0.4, -0.2) is 0 Å². The number of nitrogen functional groups attached to an aromatic ring is 1. The van der Waals surface area contributed by atoms with Crippen molar-refractivity contribution in [1.29, 1.82) is 0 Å². The predicted molar refractivity (Wildman–Crippen MR) is 72.0 cm³/mol. The van der Waals surface area contributed by atoms with E-state index < -0.39 is 0 Å².